The summed E-state index contributed by atoms with van der Waals surface area (Å²) in [6.45, 7) is 1.39. The van der Waals surface area contributed by atoms with E-state index in [-0.39, 0.29) is 12.1 Å². The van der Waals surface area contributed by atoms with E-state index in [0.29, 0.717) is 25.6 Å². The molecule has 20 heavy (non-hydrogen) atoms. The molecule has 5 heteroatoms. The maximum absolute atomic E-state index is 12.2. The van der Waals surface area contributed by atoms with E-state index < -0.39 is 5.60 Å². The number of fused-ring (bicyclic) bond motifs is 1. The van der Waals surface area contributed by atoms with Gasteiger partial charge in [0.05, 0.1) is 19.1 Å². The van der Waals surface area contributed by atoms with E-state index in [0.717, 1.165) is 24.2 Å². The minimum absolute atomic E-state index is 0.0895. The molecule has 3 aliphatic rings. The van der Waals surface area contributed by atoms with Gasteiger partial charge in [-0.3, -0.25) is 0 Å². The molecule has 1 unspecified atom stereocenters. The Morgan fingerprint density at radius 2 is 2.10 bits per heavy atom. The van der Waals surface area contributed by atoms with Gasteiger partial charge in [-0.2, -0.15) is 0 Å². The second kappa shape index (κ2) is 4.12. The third-order valence-electron chi connectivity index (χ3n) is 4.55. The highest BCUT2D eigenvalue weighted by Gasteiger charge is 2.53. The molecule has 0 aromatic heterocycles. The molecule has 0 spiro atoms. The van der Waals surface area contributed by atoms with E-state index in [1.165, 1.54) is 0 Å². The predicted octanol–water partition coefficient (Wildman–Crippen LogP) is 1.29. The zero-order chi connectivity index (χ0) is 13.7. The minimum atomic E-state index is -0.624. The second-order valence-corrected chi connectivity index (χ2v) is 6.08. The second-order valence-electron chi connectivity index (χ2n) is 6.08. The molecule has 106 valence electrons. The van der Waals surface area contributed by atoms with Crippen LogP contribution in [-0.2, 0) is 0 Å². The number of nitrogens with zero attached hydrogens (tertiary/aromatic N) is 1. The number of β-amino-alcohol motifs (C(OH)–C–C–N with tert-alkyl or cyclic N) is 1. The van der Waals surface area contributed by atoms with E-state index >= 15 is 0 Å². The molecular weight excluding hydrogens is 256 g/mol. The number of likely N-dealkylation sites (tertiary alicyclic amines) is 1. The Kier molecular flexibility index (Phi) is 2.48. The van der Waals surface area contributed by atoms with Crippen LogP contribution in [0.5, 0.6) is 5.75 Å². The van der Waals surface area contributed by atoms with Crippen LogP contribution in [0.4, 0.5) is 4.79 Å². The highest BCUT2D eigenvalue weighted by atomic mass is 16.5. The molecule has 1 aromatic carbocycles. The normalized spacial score (nSPS) is 26.4. The molecule has 2 heterocycles. The third kappa shape index (κ3) is 1.85. The molecule has 1 saturated heterocycles. The van der Waals surface area contributed by atoms with Crippen LogP contribution in [0.15, 0.2) is 24.3 Å². The van der Waals surface area contributed by atoms with Crippen LogP contribution in [0.1, 0.15) is 24.4 Å². The Bertz CT molecular complexity index is 550. The smallest absolute Gasteiger partial charge is 0.318 e. The van der Waals surface area contributed by atoms with E-state index in [2.05, 4.69) is 5.32 Å². The Balaban J connectivity index is 1.38. The van der Waals surface area contributed by atoms with Crippen molar-refractivity contribution in [3.63, 3.8) is 0 Å². The van der Waals surface area contributed by atoms with Crippen LogP contribution in [-0.4, -0.2) is 41.3 Å². The Morgan fingerprint density at radius 3 is 2.85 bits per heavy atom. The number of benzene rings is 1. The average molecular weight is 274 g/mol. The fourth-order valence-corrected chi connectivity index (χ4v) is 3.16. The summed E-state index contributed by atoms with van der Waals surface area (Å²) in [5.41, 5.74) is 0.403. The van der Waals surface area contributed by atoms with Gasteiger partial charge in [-0.1, -0.05) is 18.2 Å². The van der Waals surface area contributed by atoms with Crippen molar-refractivity contribution in [1.29, 1.82) is 0 Å². The number of ether oxygens (including phenoxy) is 1. The number of amides is 2. The van der Waals surface area contributed by atoms with Crippen molar-refractivity contribution in [3.05, 3.63) is 29.8 Å². The van der Waals surface area contributed by atoms with Crippen molar-refractivity contribution < 1.29 is 14.6 Å². The molecule has 0 radical (unpaired) electrons. The minimum Gasteiger partial charge on any atom is -0.491 e. The quantitative estimate of drug-likeness (QED) is 0.854. The van der Waals surface area contributed by atoms with Crippen LogP contribution in [0.3, 0.4) is 0 Å². The van der Waals surface area contributed by atoms with Crippen molar-refractivity contribution in [2.24, 2.45) is 5.92 Å². The number of hydrogen-bond donors (Lipinski definition) is 2. The molecule has 2 aliphatic heterocycles. The first-order chi connectivity index (χ1) is 9.66. The first-order valence-electron chi connectivity index (χ1n) is 7.15. The number of carbonyl (C=O) groups is 1. The summed E-state index contributed by atoms with van der Waals surface area (Å²) < 4.78 is 5.55. The van der Waals surface area contributed by atoms with E-state index in [1.54, 1.807) is 4.90 Å². The standard InChI is InChI=1S/C15H18N2O3/c18-14(17-8-15(19,9-17)10-5-6-10)16-12-7-20-13-4-2-1-3-11(12)13/h1-4,10,12,19H,5-9H2,(H,16,18). The van der Waals surface area contributed by atoms with Crippen LogP contribution >= 0.6 is 0 Å². The lowest BCUT2D eigenvalue weighted by Gasteiger charge is -2.47. The Morgan fingerprint density at radius 1 is 1.35 bits per heavy atom. The number of nitrogens with one attached hydrogen (secondary N) is 1. The molecule has 4 rings (SSSR count). The largest absolute Gasteiger partial charge is 0.491 e. The summed E-state index contributed by atoms with van der Waals surface area (Å²) in [6.07, 6.45) is 2.19. The van der Waals surface area contributed by atoms with Gasteiger partial charge in [-0.15, -0.1) is 0 Å². The summed E-state index contributed by atoms with van der Waals surface area (Å²) in [4.78, 5) is 13.8. The van der Waals surface area contributed by atoms with Gasteiger partial charge in [0.25, 0.3) is 0 Å². The summed E-state index contributed by atoms with van der Waals surface area (Å²) in [5.74, 6) is 1.25. The maximum Gasteiger partial charge on any atom is 0.318 e. The zero-order valence-corrected chi connectivity index (χ0v) is 11.2. The van der Waals surface area contributed by atoms with Gasteiger partial charge in [0.15, 0.2) is 0 Å². The van der Waals surface area contributed by atoms with Gasteiger partial charge in [0, 0.05) is 5.56 Å². The van der Waals surface area contributed by atoms with Crippen molar-refractivity contribution in [1.82, 2.24) is 10.2 Å². The number of para-hydroxylation sites is 1. The SMILES string of the molecule is O=C(NC1COc2ccccc21)N1CC(O)(C2CC2)C1. The van der Waals surface area contributed by atoms with E-state index in [1.807, 2.05) is 24.3 Å². The molecule has 2 amide bonds. The van der Waals surface area contributed by atoms with Gasteiger partial charge in [0.1, 0.15) is 18.0 Å². The average Bonchev–Trinajstić information content (AvgIpc) is 3.19. The van der Waals surface area contributed by atoms with Crippen LogP contribution < -0.4 is 10.1 Å². The van der Waals surface area contributed by atoms with Gasteiger partial charge in [-0.05, 0) is 24.8 Å². The fourth-order valence-electron chi connectivity index (χ4n) is 3.16. The molecule has 1 atom stereocenters. The molecular formula is C15H18N2O3. The molecule has 5 nitrogen and oxygen atoms in total. The number of rotatable bonds is 2. The van der Waals surface area contributed by atoms with Crippen molar-refractivity contribution in [3.8, 4) is 5.75 Å². The lowest BCUT2D eigenvalue weighted by molar-refractivity contribution is -0.0921. The molecule has 1 saturated carbocycles. The first kappa shape index (κ1) is 12.0. The monoisotopic (exact) mass is 274 g/mol. The van der Waals surface area contributed by atoms with Crippen molar-refractivity contribution >= 4 is 6.03 Å². The zero-order valence-electron chi connectivity index (χ0n) is 11.2. The summed E-state index contributed by atoms with van der Waals surface area (Å²) in [6, 6.07) is 7.56. The van der Waals surface area contributed by atoms with Crippen LogP contribution in [0.2, 0.25) is 0 Å². The lowest BCUT2D eigenvalue weighted by atomic mass is 9.89. The topological polar surface area (TPSA) is 61.8 Å². The Labute approximate surface area is 117 Å². The van der Waals surface area contributed by atoms with Gasteiger partial charge < -0.3 is 20.1 Å². The number of aliphatic hydroxyl groups is 1. The molecule has 2 fully saturated rings. The summed E-state index contributed by atoms with van der Waals surface area (Å²) >= 11 is 0. The number of hydrogen-bond acceptors (Lipinski definition) is 3. The van der Waals surface area contributed by atoms with Gasteiger partial charge in [0.2, 0.25) is 0 Å². The molecule has 0 bridgehead atoms. The number of carbonyl (C=O) groups excluding carboxylic acids is 1. The summed E-state index contributed by atoms with van der Waals surface area (Å²) in [5, 5.41) is 13.2. The highest BCUT2D eigenvalue weighted by Crippen LogP contribution is 2.44. The molecule has 1 aromatic rings. The van der Waals surface area contributed by atoms with Gasteiger partial charge >= 0.3 is 6.03 Å². The van der Waals surface area contributed by atoms with Crippen LogP contribution in [0, 0.1) is 5.92 Å². The lowest BCUT2D eigenvalue weighted by Crippen LogP contribution is -2.66. The highest BCUT2D eigenvalue weighted by molar-refractivity contribution is 5.76. The van der Waals surface area contributed by atoms with E-state index in [4.69, 9.17) is 4.74 Å². The Hall–Kier alpha value is -1.75. The third-order valence-corrected chi connectivity index (χ3v) is 4.55. The fraction of sp³-hybridized carbons (Fsp3) is 0.533. The molecule has 2 N–H and O–H groups in total. The van der Waals surface area contributed by atoms with Crippen molar-refractivity contribution in [2.45, 2.75) is 24.5 Å². The number of urea groups is 1. The molecule has 1 aliphatic carbocycles. The predicted molar refractivity (Wildman–Crippen MR) is 72.5 cm³/mol. The van der Waals surface area contributed by atoms with Crippen molar-refractivity contribution in [2.75, 3.05) is 19.7 Å². The maximum atomic E-state index is 12.2. The summed E-state index contributed by atoms with van der Waals surface area (Å²) in [7, 11) is 0. The van der Waals surface area contributed by atoms with Crippen LogP contribution in [0.25, 0.3) is 0 Å². The first-order valence-corrected chi connectivity index (χ1v) is 7.15. The van der Waals surface area contributed by atoms with Gasteiger partial charge in [-0.25, -0.2) is 4.79 Å². The van der Waals surface area contributed by atoms with E-state index in [9.17, 15) is 9.90 Å².